The molecule has 310 valence electrons. The van der Waals surface area contributed by atoms with E-state index in [0.29, 0.717) is 30.9 Å². The van der Waals surface area contributed by atoms with Crippen LogP contribution in [0.4, 0.5) is 0 Å². The molecule has 0 saturated carbocycles. The van der Waals surface area contributed by atoms with Gasteiger partial charge in [-0.3, -0.25) is 4.67 Å². The molecule has 0 aliphatic carbocycles. The first-order valence-electron chi connectivity index (χ1n) is 20.2. The van der Waals surface area contributed by atoms with Crippen molar-refractivity contribution >= 4 is 24.0 Å². The zero-order valence-corrected chi connectivity index (χ0v) is 35.7. The molecule has 1 aromatic heterocycles. The average molecular weight is 823 g/mol. The second-order valence-electron chi connectivity index (χ2n) is 16.3. The lowest BCUT2D eigenvalue weighted by Crippen LogP contribution is -2.49. The van der Waals surface area contributed by atoms with Crippen LogP contribution in [0.3, 0.4) is 0 Å². The molecule has 4 fully saturated rings. The van der Waals surface area contributed by atoms with Crippen molar-refractivity contribution in [3.63, 3.8) is 0 Å². The quantitative estimate of drug-likeness (QED) is 0.0768. The van der Waals surface area contributed by atoms with Crippen LogP contribution in [-0.2, 0) is 51.7 Å². The Morgan fingerprint density at radius 3 is 1.90 bits per heavy atom. The first-order chi connectivity index (χ1) is 28.4. The highest BCUT2D eigenvalue weighted by Crippen LogP contribution is 2.51. The second kappa shape index (κ2) is 17.2. The van der Waals surface area contributed by atoms with Crippen LogP contribution >= 0.6 is 8.30 Å². The third-order valence-electron chi connectivity index (χ3n) is 11.8. The minimum Gasteiger partial charge on any atom is -0.497 e. The van der Waals surface area contributed by atoms with Crippen LogP contribution in [0.15, 0.2) is 85.1 Å². The lowest BCUT2D eigenvalue weighted by molar-refractivity contribution is -0.169. The minimum absolute atomic E-state index is 0.0925. The summed E-state index contributed by atoms with van der Waals surface area (Å²) in [4.78, 5) is 0. The smallest absolute Gasteiger partial charge is 0.143 e. The number of fused-ring (bicyclic) bond motifs is 4. The predicted molar refractivity (Wildman–Crippen MR) is 223 cm³/mol. The molecule has 16 heteroatoms. The van der Waals surface area contributed by atoms with Gasteiger partial charge in [-0.2, -0.15) is 0 Å². The Bertz CT molecular complexity index is 1960. The van der Waals surface area contributed by atoms with Crippen LogP contribution in [0, 0.1) is 0 Å². The van der Waals surface area contributed by atoms with E-state index in [0.717, 1.165) is 28.2 Å². The van der Waals surface area contributed by atoms with E-state index in [-0.39, 0.29) is 32.0 Å². The number of nitrogens with zero attached hydrogens (tertiary/aromatic N) is 4. The molecule has 3 aromatic carbocycles. The molecule has 5 unspecified atom stereocenters. The van der Waals surface area contributed by atoms with E-state index in [1.807, 2.05) is 72.9 Å². The molecule has 5 heterocycles. The molecule has 4 aliphatic heterocycles. The molecule has 4 aromatic rings. The maximum Gasteiger partial charge on any atom is 0.143 e. The van der Waals surface area contributed by atoms with Crippen molar-refractivity contribution in [3.05, 3.63) is 107 Å². The fourth-order valence-corrected chi connectivity index (χ4v) is 11.3. The van der Waals surface area contributed by atoms with Crippen LogP contribution in [0.5, 0.6) is 11.5 Å². The topological polar surface area (TPSA) is 117 Å². The SMILES string of the molecule is [B][C@@H]1O[C@@]2(COC(c3ccccc3)(c3ccc(OC)cc3)c3ccc(OC)cc3)COC1C2OCc1cn(C[C@]23COC(C2OP(C)N(C(C)C)C(C)C)[C@H]([B])O3)nn1. The molecular formula is C43H53B2N4O9P. The molecule has 0 N–H and O–H groups in total. The van der Waals surface area contributed by atoms with Gasteiger partial charge in [0.2, 0.25) is 0 Å². The summed E-state index contributed by atoms with van der Waals surface area (Å²) in [5, 5.41) is 8.94. The van der Waals surface area contributed by atoms with Crippen LogP contribution in [0.25, 0.3) is 0 Å². The maximum absolute atomic E-state index is 7.26. The Labute approximate surface area is 350 Å². The summed E-state index contributed by atoms with van der Waals surface area (Å²) in [7, 11) is 15.3. The van der Waals surface area contributed by atoms with Crippen molar-refractivity contribution < 1.29 is 42.4 Å². The van der Waals surface area contributed by atoms with E-state index >= 15 is 0 Å². The van der Waals surface area contributed by atoms with Gasteiger partial charge in [0.15, 0.2) is 0 Å². The highest BCUT2D eigenvalue weighted by molar-refractivity contribution is 7.49. The van der Waals surface area contributed by atoms with E-state index in [1.165, 1.54) is 0 Å². The van der Waals surface area contributed by atoms with Crippen molar-refractivity contribution in [1.82, 2.24) is 19.7 Å². The molecule has 13 nitrogen and oxygen atoms in total. The lowest BCUT2D eigenvalue weighted by atomic mass is 9.79. The van der Waals surface area contributed by atoms with E-state index in [4.69, 9.17) is 58.1 Å². The monoisotopic (exact) mass is 822 g/mol. The zero-order valence-electron chi connectivity index (χ0n) is 34.8. The van der Waals surface area contributed by atoms with Gasteiger partial charge in [-0.05, 0) is 75.3 Å². The average Bonchev–Trinajstić information content (AvgIpc) is 4.02. The Kier molecular flexibility index (Phi) is 12.3. The number of hydrogen-bond acceptors (Lipinski definition) is 12. The van der Waals surface area contributed by atoms with Gasteiger partial charge in [0.05, 0.1) is 53.4 Å². The van der Waals surface area contributed by atoms with E-state index < -0.39 is 49.3 Å². The van der Waals surface area contributed by atoms with Crippen LogP contribution in [0.1, 0.15) is 50.1 Å². The summed E-state index contributed by atoms with van der Waals surface area (Å²) in [5.74, 6) is 1.46. The van der Waals surface area contributed by atoms with Crippen molar-refractivity contribution in [2.24, 2.45) is 0 Å². The number of methoxy groups -OCH3 is 2. The number of ether oxygens (including phenoxy) is 8. The van der Waals surface area contributed by atoms with E-state index in [9.17, 15) is 0 Å². The second-order valence-corrected chi connectivity index (χ2v) is 17.9. The van der Waals surface area contributed by atoms with Crippen molar-refractivity contribution in [2.75, 3.05) is 40.7 Å². The highest BCUT2D eigenvalue weighted by Gasteiger charge is 2.63. The fourth-order valence-electron chi connectivity index (χ4n) is 9.26. The highest BCUT2D eigenvalue weighted by atomic mass is 31.2. The standard InChI is InChI=1S/C43H53B2N4O9P/c1-27(2)49(28(3)4)59(7)58-38-36-40(45)56-41(38,24-53-36)23-48-21-32(46-47-48)22-52-37-35-39(44)57-42(37,25-54-35)26-55-43(29-11-9-8-10-12-29,30-13-17-33(50-5)18-14-30)31-15-19-34(51-6)20-16-31/h8-21,27-28,35-40H,22-26H2,1-7H3/t35?,36?,37?,38?,39-,40-,41+,42-,59?/m1/s1. The van der Waals surface area contributed by atoms with Crippen molar-refractivity contribution in [1.29, 1.82) is 0 Å². The van der Waals surface area contributed by atoms with Gasteiger partial charge in [0.25, 0.3) is 0 Å². The molecule has 4 saturated heterocycles. The third kappa shape index (κ3) is 7.88. The Morgan fingerprint density at radius 2 is 1.34 bits per heavy atom. The molecule has 4 radical (unpaired) electrons. The minimum atomic E-state index is -1.08. The maximum atomic E-state index is 7.26. The molecule has 9 atom stereocenters. The summed E-state index contributed by atoms with van der Waals surface area (Å²) in [6.45, 7) is 12.0. The summed E-state index contributed by atoms with van der Waals surface area (Å²) < 4.78 is 61.1. The van der Waals surface area contributed by atoms with Gasteiger partial charge in [-0.1, -0.05) is 59.8 Å². The molecule has 0 spiro atoms. The molecule has 8 rings (SSSR count). The van der Waals surface area contributed by atoms with Crippen molar-refractivity contribution in [3.8, 4) is 11.5 Å². The van der Waals surface area contributed by atoms with E-state index in [1.54, 1.807) is 18.9 Å². The van der Waals surface area contributed by atoms with Gasteiger partial charge < -0.3 is 42.4 Å². The van der Waals surface area contributed by atoms with Gasteiger partial charge >= 0.3 is 0 Å². The fraction of sp³-hybridized carbons (Fsp3) is 0.535. The van der Waals surface area contributed by atoms with Crippen LogP contribution in [0.2, 0.25) is 0 Å². The predicted octanol–water partition coefficient (Wildman–Crippen LogP) is 4.96. The van der Waals surface area contributed by atoms with Crippen LogP contribution in [-0.4, -0.2) is 136 Å². The summed E-state index contributed by atoms with van der Waals surface area (Å²) >= 11 is 0. The Hall–Kier alpha value is -3.36. The Morgan fingerprint density at radius 1 is 0.797 bits per heavy atom. The largest absolute Gasteiger partial charge is 0.497 e. The normalized spacial score (nSPS) is 29.3. The van der Waals surface area contributed by atoms with Crippen molar-refractivity contribution in [2.45, 2.75) is 106 Å². The summed E-state index contributed by atoms with van der Waals surface area (Å²) in [6.07, 6.45) is 0.0438. The number of rotatable bonds is 18. The summed E-state index contributed by atoms with van der Waals surface area (Å²) in [5.41, 5.74) is 0.408. The van der Waals surface area contributed by atoms with Gasteiger partial charge in [0.1, 0.15) is 82.4 Å². The Balaban J connectivity index is 1.02. The molecular weight excluding hydrogens is 769 g/mol. The molecule has 0 amide bonds. The molecule has 59 heavy (non-hydrogen) atoms. The third-order valence-corrected chi connectivity index (χ3v) is 14.0. The molecule has 4 bridgehead atoms. The number of hydrogen-bond donors (Lipinski definition) is 0. The van der Waals surface area contributed by atoms with Gasteiger partial charge in [-0.15, -0.1) is 5.10 Å². The molecule has 4 aliphatic rings. The van der Waals surface area contributed by atoms with Crippen LogP contribution < -0.4 is 9.47 Å². The summed E-state index contributed by atoms with van der Waals surface area (Å²) in [6, 6.07) is 25.2. The van der Waals surface area contributed by atoms with E-state index in [2.05, 4.69) is 61.5 Å². The first kappa shape index (κ1) is 42.3. The number of benzene rings is 3. The van der Waals surface area contributed by atoms with Gasteiger partial charge in [0, 0.05) is 24.1 Å². The zero-order chi connectivity index (χ0) is 41.5. The van der Waals surface area contributed by atoms with Gasteiger partial charge in [-0.25, -0.2) is 4.68 Å². The first-order valence-corrected chi connectivity index (χ1v) is 21.9. The lowest BCUT2D eigenvalue weighted by Gasteiger charge is -2.40. The number of aromatic nitrogens is 3.